The number of carbonyl (C=O) groups is 3. The van der Waals surface area contributed by atoms with Crippen LogP contribution in [0.3, 0.4) is 0 Å². The third-order valence-corrected chi connectivity index (χ3v) is 16.2. The zero-order valence-corrected chi connectivity index (χ0v) is 53.9. The van der Waals surface area contributed by atoms with Crippen LogP contribution in [0.2, 0.25) is 10.0 Å². The van der Waals surface area contributed by atoms with Crippen molar-refractivity contribution in [3.63, 3.8) is 0 Å². The zero-order valence-electron chi connectivity index (χ0n) is 49.9. The number of benzene rings is 4. The maximum atomic E-state index is 13.3. The molecule has 0 aromatic heterocycles. The van der Waals surface area contributed by atoms with Crippen LogP contribution in [0.1, 0.15) is 89.5 Å². The number of hydrogen-bond acceptors (Lipinski definition) is 20. The van der Waals surface area contributed by atoms with Gasteiger partial charge < -0.3 is 59.0 Å². The minimum absolute atomic E-state index is 0.0155. The maximum Gasteiger partial charge on any atom is 0.336 e. The highest BCUT2D eigenvalue weighted by Crippen LogP contribution is 2.46. The van der Waals surface area contributed by atoms with E-state index < -0.39 is 90.8 Å². The van der Waals surface area contributed by atoms with E-state index in [9.17, 15) is 53.8 Å². The predicted molar refractivity (Wildman–Crippen MR) is 328 cm³/mol. The fourth-order valence-corrected chi connectivity index (χ4v) is 10.8. The molecule has 0 spiro atoms. The number of hydrogen-bond donors (Lipinski definition) is 7. The second-order valence-electron chi connectivity index (χ2n) is 18.2. The first kappa shape index (κ1) is 76.7. The van der Waals surface area contributed by atoms with Crippen LogP contribution in [0, 0.1) is 5.41 Å². The summed E-state index contributed by atoms with van der Waals surface area (Å²) in [5.41, 5.74) is 3.39. The Balaban J connectivity index is 0.00000102. The lowest BCUT2D eigenvalue weighted by atomic mass is 9.89. The van der Waals surface area contributed by atoms with Gasteiger partial charge in [0.1, 0.15) is 0 Å². The number of rotatable bonds is 31. The number of aromatic carboxylic acids is 1. The largest absolute Gasteiger partial charge is 0.478 e. The molecule has 0 atom stereocenters. The van der Waals surface area contributed by atoms with E-state index in [1.54, 1.807) is 0 Å². The Labute approximate surface area is 514 Å². The summed E-state index contributed by atoms with van der Waals surface area (Å²) in [5, 5.41) is 19.4. The molecular formula is C56H82Cl2N6O19S3. The number of nitrogens with zero attached hydrogens (tertiary/aromatic N) is 3. The maximum absolute atomic E-state index is 13.3. The molecule has 1 aliphatic carbocycles. The molecule has 0 unspecified atom stereocenters. The van der Waals surface area contributed by atoms with Gasteiger partial charge in [-0.25, -0.2) is 4.79 Å². The van der Waals surface area contributed by atoms with Crippen molar-refractivity contribution in [1.82, 2.24) is 20.0 Å². The average Bonchev–Trinajstić information content (AvgIpc) is 0.779. The fraction of sp³-hybridized carbons (Fsp3) is 0.500. The molecule has 0 saturated carbocycles. The van der Waals surface area contributed by atoms with Gasteiger partial charge in [-0.2, -0.15) is 25.3 Å². The van der Waals surface area contributed by atoms with E-state index in [1.807, 2.05) is 0 Å². The van der Waals surface area contributed by atoms with Crippen molar-refractivity contribution in [2.75, 3.05) is 124 Å². The van der Waals surface area contributed by atoms with Gasteiger partial charge in [0.2, 0.25) is 0 Å². The van der Waals surface area contributed by atoms with Crippen LogP contribution in [-0.4, -0.2) is 195 Å². The zero-order chi connectivity index (χ0) is 65.0. The van der Waals surface area contributed by atoms with E-state index in [0.717, 1.165) is 36.4 Å². The van der Waals surface area contributed by atoms with Gasteiger partial charge in [0.15, 0.2) is 26.9 Å². The molecule has 8 N–H and O–H groups in total. The van der Waals surface area contributed by atoms with Crippen molar-refractivity contribution in [2.24, 2.45) is 0 Å². The molecule has 2 aliphatic rings. The Bertz CT molecular complexity index is 3290. The number of carboxylic acids is 1. The number of nitrogens with one attached hydrogen (secondary N) is 2. The van der Waals surface area contributed by atoms with Crippen molar-refractivity contribution >= 4 is 88.1 Å². The van der Waals surface area contributed by atoms with E-state index in [-0.39, 0.29) is 109 Å². The van der Waals surface area contributed by atoms with Crippen LogP contribution in [0.15, 0.2) is 73.7 Å². The minimum atomic E-state index is -5.24. The topological polar surface area (TPSA) is 365 Å². The lowest BCUT2D eigenvalue weighted by Gasteiger charge is -2.20. The van der Waals surface area contributed by atoms with Crippen LogP contribution < -0.4 is 21.1 Å². The minimum Gasteiger partial charge on any atom is -0.478 e. The highest BCUT2D eigenvalue weighted by molar-refractivity contribution is 7.86. The van der Waals surface area contributed by atoms with Crippen molar-refractivity contribution < 1.29 is 86.5 Å². The van der Waals surface area contributed by atoms with E-state index >= 15 is 0 Å². The molecule has 482 valence electrons. The number of esters is 1. The fourth-order valence-electron chi connectivity index (χ4n) is 8.09. The van der Waals surface area contributed by atoms with Crippen molar-refractivity contribution in [1.29, 1.82) is 5.41 Å². The van der Waals surface area contributed by atoms with Gasteiger partial charge in [-0.05, 0) is 119 Å². The Hall–Kier alpha value is -5.41. The normalized spacial score (nSPS) is 11.7. The summed E-state index contributed by atoms with van der Waals surface area (Å²) in [5.74, 6) is -4.02. The highest BCUT2D eigenvalue weighted by Gasteiger charge is 2.32. The van der Waals surface area contributed by atoms with E-state index in [1.165, 1.54) is 77.1 Å². The Kier molecular flexibility index (Phi) is 34.0. The number of halogens is 2. The monoisotopic (exact) mass is 1310 g/mol. The van der Waals surface area contributed by atoms with Gasteiger partial charge in [-0.1, -0.05) is 85.5 Å². The molecule has 5 rings (SSSR count). The first-order valence-electron chi connectivity index (χ1n) is 27.7. The van der Waals surface area contributed by atoms with E-state index in [2.05, 4.69) is 82.3 Å². The number of fused-ring (bicyclic) bond motifs is 2. The molecule has 25 nitrogen and oxygen atoms in total. The van der Waals surface area contributed by atoms with Crippen LogP contribution in [-0.2, 0) is 54.1 Å². The van der Waals surface area contributed by atoms with Crippen LogP contribution in [0.5, 0.6) is 5.75 Å². The number of nitrogens with two attached hydrogens (primary N) is 1. The highest BCUT2D eigenvalue weighted by atomic mass is 35.5. The molecule has 3 aromatic rings. The van der Waals surface area contributed by atoms with Gasteiger partial charge in [0, 0.05) is 28.6 Å². The number of carbonyl (C=O) groups excluding carboxylic acids is 2. The number of ether oxygens (including phenoxy) is 5. The quantitative estimate of drug-likeness (QED) is 0.00554. The molecule has 1 heterocycles. The van der Waals surface area contributed by atoms with Crippen LogP contribution in [0.25, 0.3) is 33.4 Å². The molecule has 1 amide bonds. The van der Waals surface area contributed by atoms with Crippen molar-refractivity contribution in [2.45, 2.75) is 83.4 Å². The summed E-state index contributed by atoms with van der Waals surface area (Å²) in [6, 6.07) is 9.61. The van der Waals surface area contributed by atoms with E-state index in [4.69, 9.17) is 67.0 Å². The van der Waals surface area contributed by atoms with Gasteiger partial charge in [-0.3, -0.25) is 28.7 Å². The third-order valence-electron chi connectivity index (χ3n) is 12.9. The summed E-state index contributed by atoms with van der Waals surface area (Å²) in [7, 11) is -15.0. The molecule has 0 saturated heterocycles. The van der Waals surface area contributed by atoms with E-state index in [0.29, 0.717) is 0 Å². The second-order valence-corrected chi connectivity index (χ2v) is 23.1. The molecule has 0 fully saturated rings. The summed E-state index contributed by atoms with van der Waals surface area (Å²) in [6.45, 7) is 31.4. The SMILES string of the molecule is CCN(CC)CC.CCN(CC)CC.CCN(CC)CC.N=c1ccc2c(-c3cc(C(=O)NCCOCCOCCOCCOCCC(=O)Oc4c(Cl)cc(S(=O)(=O)O)cc4Cl)ccc3C(=O)O)c3ccc(N)c(S(=O)(=O)O)c3oc-2c1S(=O)(=O)O. The predicted octanol–water partition coefficient (Wildman–Crippen LogP) is 7.85. The molecule has 0 radical (unpaired) electrons. The summed E-state index contributed by atoms with van der Waals surface area (Å²) in [6.07, 6.45) is -0.193. The molecular weight excluding hydrogens is 1230 g/mol. The van der Waals surface area contributed by atoms with Crippen LogP contribution >= 0.6 is 23.2 Å². The van der Waals surface area contributed by atoms with Gasteiger partial charge in [-0.15, -0.1) is 0 Å². The second kappa shape index (κ2) is 38.1. The summed E-state index contributed by atoms with van der Waals surface area (Å²) >= 11 is 11.8. The van der Waals surface area contributed by atoms with Crippen LogP contribution in [0.4, 0.5) is 5.69 Å². The Morgan fingerprint density at radius 3 is 1.47 bits per heavy atom. The smallest absolute Gasteiger partial charge is 0.336 e. The van der Waals surface area contributed by atoms with Gasteiger partial charge in [0.05, 0.1) is 90.8 Å². The van der Waals surface area contributed by atoms with Gasteiger partial charge >= 0.3 is 11.9 Å². The molecule has 86 heavy (non-hydrogen) atoms. The summed E-state index contributed by atoms with van der Waals surface area (Å²) in [4.78, 5) is 42.3. The first-order chi connectivity index (χ1) is 40.5. The number of carboxylic acid groups (broad SMARTS) is 1. The molecule has 0 bridgehead atoms. The number of amides is 1. The molecule has 3 aromatic carbocycles. The summed E-state index contributed by atoms with van der Waals surface area (Å²) < 4.78 is 134. The number of nitrogen functional groups attached to an aromatic ring is 1. The lowest BCUT2D eigenvalue weighted by molar-refractivity contribution is -0.135. The lowest BCUT2D eigenvalue weighted by Crippen LogP contribution is -2.27. The molecule has 30 heteroatoms. The number of anilines is 1. The standard InChI is InChI=1S/C38H37Cl2N3O19S3.3C6H15N/c39-26-18-21(63(48,49)50)19-27(40)34(26)61-30(44)7-9-57-11-13-59-15-16-60-14-12-58-10-8-43-37(45)20-1-2-22(38(46)47)25(17-20)31-23-3-5-28(41)35(64(51,52)53)32(23)62-33-24(31)4-6-29(42)36(33)65(54,55)56;3*1-4-7(5-2)6-3/h1-6,17-19,41H,7-16,42H2,(H,43,45)(H,46,47)(H,48,49,50)(H,51,52,53)(H,54,55,56);3*4-6H2,1-3H3. The molecule has 1 aliphatic heterocycles. The Morgan fingerprint density at radius 2 is 1.05 bits per heavy atom. The van der Waals surface area contributed by atoms with Crippen molar-refractivity contribution in [3.8, 4) is 28.2 Å². The third kappa shape index (κ3) is 24.3. The Morgan fingerprint density at radius 1 is 0.593 bits per heavy atom. The van der Waals surface area contributed by atoms with Gasteiger partial charge in [0.25, 0.3) is 36.3 Å². The average molecular weight is 1310 g/mol. The first-order valence-corrected chi connectivity index (χ1v) is 32.7. The van der Waals surface area contributed by atoms with Crippen molar-refractivity contribution in [3.05, 3.63) is 81.1 Å².